The number of epoxide rings is 1. The van der Waals surface area contributed by atoms with E-state index < -0.39 is 11.2 Å². The smallest absolute Gasteiger partial charge is 0.109 e. The maximum atomic E-state index is 11.1. The average Bonchev–Trinajstić information content (AvgIpc) is 3.20. The number of rotatable bonds is 4. The Labute approximate surface area is 141 Å². The van der Waals surface area contributed by atoms with E-state index in [2.05, 4.69) is 20.8 Å². The van der Waals surface area contributed by atoms with E-state index in [-0.39, 0.29) is 17.4 Å². The van der Waals surface area contributed by atoms with Crippen molar-refractivity contribution in [1.29, 1.82) is 0 Å². The quantitative estimate of drug-likeness (QED) is 0.771. The molecule has 3 nitrogen and oxygen atoms in total. The second-order valence-corrected chi connectivity index (χ2v) is 10.1. The van der Waals surface area contributed by atoms with Crippen molar-refractivity contribution in [2.24, 2.45) is 22.7 Å². The molecule has 0 amide bonds. The SMILES string of the molecule is CC1(C)CCC[C@@]2(C)C1CC[C@@](C)(O)[C@@H]2CC[C@@](C)(O)C1CO1. The molecule has 1 aliphatic heterocycles. The van der Waals surface area contributed by atoms with E-state index in [1.807, 2.05) is 13.8 Å². The highest BCUT2D eigenvalue weighted by Gasteiger charge is 2.58. The molecule has 0 radical (unpaired) electrons. The Morgan fingerprint density at radius 2 is 1.78 bits per heavy atom. The van der Waals surface area contributed by atoms with Crippen LogP contribution in [0.2, 0.25) is 0 Å². The highest BCUT2D eigenvalue weighted by atomic mass is 16.6. The molecule has 1 saturated heterocycles. The van der Waals surface area contributed by atoms with Crippen LogP contribution in [0.5, 0.6) is 0 Å². The van der Waals surface area contributed by atoms with Crippen molar-refractivity contribution >= 4 is 0 Å². The second-order valence-electron chi connectivity index (χ2n) is 10.1. The highest BCUT2D eigenvalue weighted by Crippen LogP contribution is 2.63. The molecule has 3 fully saturated rings. The summed E-state index contributed by atoms with van der Waals surface area (Å²) in [6.07, 6.45) is 7.42. The van der Waals surface area contributed by atoms with Gasteiger partial charge in [-0.25, -0.2) is 0 Å². The van der Waals surface area contributed by atoms with Gasteiger partial charge in [-0.1, -0.05) is 27.2 Å². The third-order valence-corrected chi connectivity index (χ3v) is 7.73. The van der Waals surface area contributed by atoms with E-state index in [0.717, 1.165) is 25.7 Å². The van der Waals surface area contributed by atoms with Crippen LogP contribution in [0.4, 0.5) is 0 Å². The molecule has 2 unspecified atom stereocenters. The van der Waals surface area contributed by atoms with E-state index in [4.69, 9.17) is 4.74 Å². The summed E-state index contributed by atoms with van der Waals surface area (Å²) < 4.78 is 5.32. The monoisotopic (exact) mass is 324 g/mol. The van der Waals surface area contributed by atoms with Crippen molar-refractivity contribution in [2.45, 2.75) is 96.9 Å². The first-order valence-electron chi connectivity index (χ1n) is 9.55. The molecule has 3 heteroatoms. The molecule has 0 aromatic heterocycles. The molecule has 3 rings (SSSR count). The zero-order valence-electron chi connectivity index (χ0n) is 15.7. The lowest BCUT2D eigenvalue weighted by Gasteiger charge is -2.61. The van der Waals surface area contributed by atoms with Crippen molar-refractivity contribution < 1.29 is 14.9 Å². The highest BCUT2D eigenvalue weighted by molar-refractivity contribution is 5.08. The molecule has 0 aromatic rings. The van der Waals surface area contributed by atoms with Crippen LogP contribution in [0.3, 0.4) is 0 Å². The number of hydrogen-bond acceptors (Lipinski definition) is 3. The number of fused-ring (bicyclic) bond motifs is 1. The maximum Gasteiger partial charge on any atom is 0.109 e. The third kappa shape index (κ3) is 3.09. The van der Waals surface area contributed by atoms with Crippen LogP contribution in [-0.4, -0.2) is 34.1 Å². The topological polar surface area (TPSA) is 53.0 Å². The number of ether oxygens (including phenoxy) is 1. The van der Waals surface area contributed by atoms with Gasteiger partial charge in [0.1, 0.15) is 6.10 Å². The van der Waals surface area contributed by atoms with Crippen LogP contribution in [0.1, 0.15) is 79.6 Å². The van der Waals surface area contributed by atoms with Crippen LogP contribution in [0.15, 0.2) is 0 Å². The number of aliphatic hydroxyl groups is 2. The molecule has 2 aliphatic carbocycles. The van der Waals surface area contributed by atoms with Gasteiger partial charge >= 0.3 is 0 Å². The minimum absolute atomic E-state index is 0.00226. The van der Waals surface area contributed by atoms with Gasteiger partial charge in [0, 0.05) is 0 Å². The van der Waals surface area contributed by atoms with Crippen LogP contribution in [0.25, 0.3) is 0 Å². The van der Waals surface area contributed by atoms with E-state index in [9.17, 15) is 10.2 Å². The van der Waals surface area contributed by atoms with Gasteiger partial charge in [0.2, 0.25) is 0 Å². The fourth-order valence-corrected chi connectivity index (χ4v) is 6.27. The zero-order chi connectivity index (χ0) is 17.1. The van der Waals surface area contributed by atoms with Gasteiger partial charge in [0.25, 0.3) is 0 Å². The first-order valence-corrected chi connectivity index (χ1v) is 9.55. The van der Waals surface area contributed by atoms with Gasteiger partial charge in [0.15, 0.2) is 0 Å². The molecule has 0 bridgehead atoms. The van der Waals surface area contributed by atoms with Crippen LogP contribution >= 0.6 is 0 Å². The molecule has 2 saturated carbocycles. The molecule has 6 atom stereocenters. The summed E-state index contributed by atoms with van der Waals surface area (Å²) in [5.41, 5.74) is -0.809. The first-order chi connectivity index (χ1) is 10.5. The Balaban J connectivity index is 1.81. The lowest BCUT2D eigenvalue weighted by Crippen LogP contribution is -2.57. The maximum absolute atomic E-state index is 11.1. The number of hydrogen-bond donors (Lipinski definition) is 2. The third-order valence-electron chi connectivity index (χ3n) is 7.73. The lowest BCUT2D eigenvalue weighted by molar-refractivity contribution is -0.173. The van der Waals surface area contributed by atoms with Gasteiger partial charge in [0.05, 0.1) is 17.8 Å². The van der Waals surface area contributed by atoms with Crippen molar-refractivity contribution in [2.75, 3.05) is 6.61 Å². The Kier molecular flexibility index (Phi) is 4.18. The van der Waals surface area contributed by atoms with Crippen molar-refractivity contribution in [1.82, 2.24) is 0 Å². The second kappa shape index (κ2) is 5.44. The Bertz CT molecular complexity index is 450. The molecule has 0 aromatic carbocycles. The van der Waals surface area contributed by atoms with Gasteiger partial charge in [-0.2, -0.15) is 0 Å². The summed E-state index contributed by atoms with van der Waals surface area (Å²) >= 11 is 0. The summed E-state index contributed by atoms with van der Waals surface area (Å²) in [7, 11) is 0. The van der Waals surface area contributed by atoms with E-state index in [0.29, 0.717) is 17.9 Å². The summed E-state index contributed by atoms with van der Waals surface area (Å²) in [6, 6.07) is 0. The summed E-state index contributed by atoms with van der Waals surface area (Å²) in [5, 5.41) is 21.8. The molecular weight excluding hydrogens is 288 g/mol. The predicted octanol–water partition coefficient (Wildman–Crippen LogP) is 3.91. The predicted molar refractivity (Wildman–Crippen MR) is 92.2 cm³/mol. The van der Waals surface area contributed by atoms with E-state index in [1.54, 1.807) is 0 Å². The Morgan fingerprint density at radius 3 is 2.39 bits per heavy atom. The van der Waals surface area contributed by atoms with Crippen LogP contribution in [0, 0.1) is 22.7 Å². The molecule has 134 valence electrons. The Morgan fingerprint density at radius 1 is 1.13 bits per heavy atom. The standard InChI is InChI=1S/C20H36O3/c1-17(2)9-6-10-18(3)14(17)7-11-19(4,21)15(18)8-12-20(5,22)16-13-23-16/h14-16,21-22H,6-13H2,1-5H3/t14?,15-,16?,18+,19-,20-/m1/s1. The summed E-state index contributed by atoms with van der Waals surface area (Å²) in [5.74, 6) is 0.939. The summed E-state index contributed by atoms with van der Waals surface area (Å²) in [6.45, 7) is 11.9. The summed E-state index contributed by atoms with van der Waals surface area (Å²) in [4.78, 5) is 0. The van der Waals surface area contributed by atoms with Crippen molar-refractivity contribution in [3.63, 3.8) is 0 Å². The Hall–Kier alpha value is -0.120. The van der Waals surface area contributed by atoms with Crippen molar-refractivity contribution in [3.8, 4) is 0 Å². The molecular formula is C20H36O3. The largest absolute Gasteiger partial charge is 0.390 e. The molecule has 3 aliphatic rings. The molecule has 2 N–H and O–H groups in total. The molecule has 1 heterocycles. The minimum atomic E-state index is -0.746. The minimum Gasteiger partial charge on any atom is -0.390 e. The first kappa shape index (κ1) is 17.7. The van der Waals surface area contributed by atoms with Gasteiger partial charge in [-0.3, -0.25) is 0 Å². The van der Waals surface area contributed by atoms with Crippen LogP contribution < -0.4 is 0 Å². The fourth-order valence-electron chi connectivity index (χ4n) is 6.27. The van der Waals surface area contributed by atoms with E-state index >= 15 is 0 Å². The lowest BCUT2D eigenvalue weighted by atomic mass is 9.45. The average molecular weight is 325 g/mol. The normalized spacial score (nSPS) is 48.4. The zero-order valence-corrected chi connectivity index (χ0v) is 15.7. The molecule has 0 spiro atoms. The fraction of sp³-hybridized carbons (Fsp3) is 1.00. The van der Waals surface area contributed by atoms with Crippen LogP contribution in [-0.2, 0) is 4.74 Å². The van der Waals surface area contributed by atoms with E-state index in [1.165, 1.54) is 19.3 Å². The van der Waals surface area contributed by atoms with Gasteiger partial charge in [-0.15, -0.1) is 0 Å². The van der Waals surface area contributed by atoms with Crippen molar-refractivity contribution in [3.05, 3.63) is 0 Å². The van der Waals surface area contributed by atoms with Gasteiger partial charge < -0.3 is 14.9 Å². The van der Waals surface area contributed by atoms with Gasteiger partial charge in [-0.05, 0) is 75.0 Å². The molecule has 23 heavy (non-hydrogen) atoms.